The van der Waals surface area contributed by atoms with Crippen LogP contribution in [0.4, 0.5) is 0 Å². The fourth-order valence-corrected chi connectivity index (χ4v) is 2.41. The van der Waals surface area contributed by atoms with Crippen LogP contribution in [-0.2, 0) is 10.8 Å². The molecule has 0 saturated heterocycles. The van der Waals surface area contributed by atoms with Gasteiger partial charge in [0.1, 0.15) is 5.75 Å². The van der Waals surface area contributed by atoms with Crippen molar-refractivity contribution >= 4 is 5.91 Å². The summed E-state index contributed by atoms with van der Waals surface area (Å²) in [5.74, 6) is -0.267. The molecule has 2 N–H and O–H groups in total. The summed E-state index contributed by atoms with van der Waals surface area (Å²) in [5, 5.41) is 13.4. The van der Waals surface area contributed by atoms with Crippen LogP contribution < -0.4 is 5.32 Å². The zero-order chi connectivity index (χ0) is 17.4. The van der Waals surface area contributed by atoms with Gasteiger partial charge in [-0.2, -0.15) is 0 Å². The number of hydrogen-bond acceptors (Lipinski definition) is 2. The third-order valence-electron chi connectivity index (χ3n) is 3.87. The van der Waals surface area contributed by atoms with Crippen LogP contribution >= 0.6 is 0 Å². The topological polar surface area (TPSA) is 49.3 Å². The van der Waals surface area contributed by atoms with E-state index in [1.54, 1.807) is 18.2 Å². The predicted octanol–water partition coefficient (Wildman–Crippen LogP) is 4.33. The Bertz CT molecular complexity index is 734. The molecular formula is C20H25NO2. The van der Waals surface area contributed by atoms with E-state index >= 15 is 0 Å². The Kier molecular flexibility index (Phi) is 4.28. The highest BCUT2D eigenvalue weighted by molar-refractivity contribution is 5.99. The Morgan fingerprint density at radius 1 is 1.09 bits per heavy atom. The fraction of sp³-hybridized carbons (Fsp3) is 0.400. The molecule has 3 heteroatoms. The van der Waals surface area contributed by atoms with E-state index in [-0.39, 0.29) is 22.5 Å². The van der Waals surface area contributed by atoms with Crippen molar-refractivity contribution < 1.29 is 9.90 Å². The van der Waals surface area contributed by atoms with Gasteiger partial charge in [-0.25, -0.2) is 0 Å². The Balaban J connectivity index is 2.55. The molecule has 0 saturated carbocycles. The molecule has 1 aromatic rings. The fourth-order valence-electron chi connectivity index (χ4n) is 2.41. The van der Waals surface area contributed by atoms with Crippen LogP contribution in [0.2, 0.25) is 0 Å². The van der Waals surface area contributed by atoms with Gasteiger partial charge in [-0.1, -0.05) is 59.4 Å². The Morgan fingerprint density at radius 2 is 1.74 bits per heavy atom. The molecule has 0 spiro atoms. The lowest BCUT2D eigenvalue weighted by Crippen LogP contribution is -2.24. The van der Waals surface area contributed by atoms with Crippen LogP contribution in [0.5, 0.6) is 5.75 Å². The van der Waals surface area contributed by atoms with Crippen molar-refractivity contribution in [3.05, 3.63) is 58.5 Å². The van der Waals surface area contributed by atoms with Crippen LogP contribution in [-0.4, -0.2) is 11.0 Å². The first-order chi connectivity index (χ1) is 10.5. The molecule has 0 unspecified atom stereocenters. The van der Waals surface area contributed by atoms with E-state index in [4.69, 9.17) is 0 Å². The molecule has 122 valence electrons. The highest BCUT2D eigenvalue weighted by Crippen LogP contribution is 2.37. The van der Waals surface area contributed by atoms with E-state index in [0.717, 1.165) is 11.1 Å². The maximum Gasteiger partial charge on any atom is 0.259 e. The molecule has 0 bridgehead atoms. The van der Waals surface area contributed by atoms with Gasteiger partial charge in [-0.05, 0) is 34.6 Å². The summed E-state index contributed by atoms with van der Waals surface area (Å²) >= 11 is 0. The van der Waals surface area contributed by atoms with E-state index in [9.17, 15) is 9.90 Å². The number of nitrogens with one attached hydrogen (secondary N) is 1. The highest BCUT2D eigenvalue weighted by atomic mass is 16.3. The first-order valence-electron chi connectivity index (χ1n) is 7.83. The molecule has 2 rings (SSSR count). The molecule has 0 aliphatic heterocycles. The van der Waals surface area contributed by atoms with E-state index in [2.05, 4.69) is 31.8 Å². The summed E-state index contributed by atoms with van der Waals surface area (Å²) in [6, 6.07) is 3.78. The van der Waals surface area contributed by atoms with E-state index in [1.807, 2.05) is 32.9 Å². The number of allylic oxidation sites excluding steroid dienone is 2. The van der Waals surface area contributed by atoms with Gasteiger partial charge in [-0.3, -0.25) is 4.79 Å². The SMILES string of the molecule is CC(C)(C)c1cc(C(=O)NC2=C=CC=C2)c(O)c(C(C)(C)C)c1. The number of phenolic OH excluding ortho intramolecular Hbond substituents is 1. The normalized spacial score (nSPS) is 14.1. The second-order valence-corrected chi connectivity index (χ2v) is 7.96. The molecule has 23 heavy (non-hydrogen) atoms. The van der Waals surface area contributed by atoms with Gasteiger partial charge in [-0.15, -0.1) is 0 Å². The molecule has 3 nitrogen and oxygen atoms in total. The highest BCUT2D eigenvalue weighted by Gasteiger charge is 2.27. The third kappa shape index (κ3) is 3.75. The summed E-state index contributed by atoms with van der Waals surface area (Å²) in [7, 11) is 0. The monoisotopic (exact) mass is 311 g/mol. The molecule has 1 aromatic carbocycles. The minimum absolute atomic E-state index is 0.0505. The van der Waals surface area contributed by atoms with E-state index in [1.165, 1.54) is 0 Å². The lowest BCUT2D eigenvalue weighted by atomic mass is 9.79. The molecule has 0 radical (unpaired) electrons. The van der Waals surface area contributed by atoms with E-state index in [0.29, 0.717) is 11.3 Å². The van der Waals surface area contributed by atoms with Gasteiger partial charge in [0.2, 0.25) is 0 Å². The van der Waals surface area contributed by atoms with Crippen LogP contribution in [0.25, 0.3) is 0 Å². The lowest BCUT2D eigenvalue weighted by molar-refractivity contribution is 0.0964. The molecule has 0 aromatic heterocycles. The van der Waals surface area contributed by atoms with Crippen molar-refractivity contribution in [2.24, 2.45) is 0 Å². The van der Waals surface area contributed by atoms with Gasteiger partial charge >= 0.3 is 0 Å². The minimum Gasteiger partial charge on any atom is -0.507 e. The van der Waals surface area contributed by atoms with Crippen molar-refractivity contribution in [2.45, 2.75) is 52.4 Å². The van der Waals surface area contributed by atoms with E-state index < -0.39 is 0 Å². The quantitative estimate of drug-likeness (QED) is 0.799. The average molecular weight is 311 g/mol. The molecular weight excluding hydrogens is 286 g/mol. The Morgan fingerprint density at radius 3 is 2.22 bits per heavy atom. The van der Waals surface area contributed by atoms with Crippen molar-refractivity contribution in [3.8, 4) is 5.75 Å². The van der Waals surface area contributed by atoms with Crippen LogP contribution in [0, 0.1) is 0 Å². The molecule has 1 amide bonds. The van der Waals surface area contributed by atoms with Crippen LogP contribution in [0.15, 0.2) is 41.8 Å². The first-order valence-corrected chi connectivity index (χ1v) is 7.83. The van der Waals surface area contributed by atoms with Crippen molar-refractivity contribution in [3.63, 3.8) is 0 Å². The van der Waals surface area contributed by atoms with Crippen molar-refractivity contribution in [1.82, 2.24) is 5.32 Å². The number of aromatic hydroxyl groups is 1. The average Bonchev–Trinajstić information content (AvgIpc) is 2.88. The van der Waals surface area contributed by atoms with Crippen LogP contribution in [0.1, 0.15) is 63.0 Å². The van der Waals surface area contributed by atoms with Gasteiger partial charge in [0.05, 0.1) is 11.3 Å². The Hall–Kier alpha value is -2.25. The lowest BCUT2D eigenvalue weighted by Gasteiger charge is -2.27. The van der Waals surface area contributed by atoms with Gasteiger partial charge in [0.25, 0.3) is 5.91 Å². The minimum atomic E-state index is -0.318. The molecule has 0 fully saturated rings. The number of carbonyl (C=O) groups excluding carboxylic acids is 1. The van der Waals surface area contributed by atoms with Gasteiger partial charge < -0.3 is 10.4 Å². The summed E-state index contributed by atoms with van der Waals surface area (Å²) in [6.45, 7) is 12.4. The van der Waals surface area contributed by atoms with Crippen LogP contribution in [0.3, 0.4) is 0 Å². The largest absolute Gasteiger partial charge is 0.507 e. The summed E-state index contributed by atoms with van der Waals surface area (Å²) in [4.78, 5) is 12.6. The van der Waals surface area contributed by atoms with Crippen molar-refractivity contribution in [2.75, 3.05) is 0 Å². The predicted molar refractivity (Wildman–Crippen MR) is 93.7 cm³/mol. The zero-order valence-electron chi connectivity index (χ0n) is 14.7. The van der Waals surface area contributed by atoms with Crippen molar-refractivity contribution in [1.29, 1.82) is 0 Å². The molecule has 1 aliphatic rings. The molecule has 1 aliphatic carbocycles. The molecule has 0 heterocycles. The second kappa shape index (κ2) is 5.75. The maximum atomic E-state index is 12.6. The zero-order valence-corrected chi connectivity index (χ0v) is 14.7. The third-order valence-corrected chi connectivity index (χ3v) is 3.87. The Labute approximate surface area is 138 Å². The summed E-state index contributed by atoms with van der Waals surface area (Å²) in [5.41, 5.74) is 5.27. The molecule has 0 atom stereocenters. The van der Waals surface area contributed by atoms with Gasteiger partial charge in [0.15, 0.2) is 0 Å². The summed E-state index contributed by atoms with van der Waals surface area (Å²) in [6.07, 6.45) is 5.32. The number of rotatable bonds is 2. The number of amides is 1. The first kappa shape index (κ1) is 17.1. The number of phenols is 1. The maximum absolute atomic E-state index is 12.6. The van der Waals surface area contributed by atoms with Gasteiger partial charge in [0, 0.05) is 5.56 Å². The number of hydrogen-bond donors (Lipinski definition) is 2. The standard InChI is InChI=1S/C20H25NO2/c1-19(2,3)13-11-15(17(22)16(12-13)20(4,5)6)18(23)21-14-9-7-8-10-14/h7-9,11-12,22H,1-6H3,(H,21,23). The smallest absolute Gasteiger partial charge is 0.259 e. The number of carbonyl (C=O) groups is 1. The number of benzene rings is 1. The second-order valence-electron chi connectivity index (χ2n) is 7.96. The summed E-state index contributed by atoms with van der Waals surface area (Å²) < 4.78 is 0.